The molecule has 16 aromatic rings. The Hall–Kier alpha value is -12.5. The number of aromatic nitrogens is 1. The maximum atomic E-state index is 3.95. The van der Waals surface area contributed by atoms with E-state index < -0.39 is 0 Å². The lowest BCUT2D eigenvalue weighted by Crippen LogP contribution is -2.25. The van der Waals surface area contributed by atoms with Crippen LogP contribution in [0.1, 0.15) is 195 Å². The molecule has 2 unspecified atom stereocenters. The fourth-order valence-electron chi connectivity index (χ4n) is 18.4. The van der Waals surface area contributed by atoms with Crippen LogP contribution in [0.3, 0.4) is 0 Å². The van der Waals surface area contributed by atoms with Crippen molar-refractivity contribution in [3.63, 3.8) is 0 Å². The van der Waals surface area contributed by atoms with Crippen molar-refractivity contribution in [1.29, 1.82) is 0 Å². The number of rotatable bonds is 31. The molecule has 608 valence electrons. The lowest BCUT2D eigenvalue weighted by atomic mass is 9.70. The molecule has 1 aliphatic rings. The second kappa shape index (κ2) is 39.6. The maximum absolute atomic E-state index is 3.95. The zero-order chi connectivity index (χ0) is 83.6. The molecule has 121 heavy (non-hydrogen) atoms. The highest BCUT2D eigenvalue weighted by molar-refractivity contribution is 6.08. The summed E-state index contributed by atoms with van der Waals surface area (Å²) in [5.74, 6) is 0.561. The molecule has 0 saturated carbocycles. The van der Waals surface area contributed by atoms with E-state index in [9.17, 15) is 0 Å². The van der Waals surface area contributed by atoms with Gasteiger partial charge in [0.15, 0.2) is 0 Å². The smallest absolute Gasteiger partial charge is 0.0540 e. The number of fused-ring (bicyclic) bond motifs is 8. The molecular weight excluding hydrogens is 1460 g/mol. The van der Waals surface area contributed by atoms with Crippen LogP contribution in [0.2, 0.25) is 0 Å². The number of unbranched alkanes of at least 4 members (excludes halogenated alkanes) is 10. The van der Waals surface area contributed by atoms with Crippen LogP contribution in [0.25, 0.3) is 88.9 Å². The van der Waals surface area contributed by atoms with Gasteiger partial charge >= 0.3 is 0 Å². The molecule has 0 spiro atoms. The molecule has 1 aliphatic carbocycles. The number of benzene rings is 15. The quantitative estimate of drug-likeness (QED) is 0.0403. The van der Waals surface area contributed by atoms with Crippen molar-refractivity contribution >= 4 is 107 Å². The fraction of sp³-hybridized carbons (Fsp3) is 0.231. The van der Waals surface area contributed by atoms with Crippen molar-refractivity contribution < 1.29 is 0 Å². The largest absolute Gasteiger partial charge is 0.338 e. The Kier molecular flexibility index (Phi) is 27.3. The second-order valence-corrected chi connectivity index (χ2v) is 33.6. The van der Waals surface area contributed by atoms with E-state index in [1.54, 1.807) is 11.1 Å². The number of anilines is 9. The second-order valence-electron chi connectivity index (χ2n) is 33.6. The average Bonchev–Trinajstić information content (AvgIpc) is 1.56. The third kappa shape index (κ3) is 18.6. The highest BCUT2D eigenvalue weighted by atomic mass is 15.2. The van der Waals surface area contributed by atoms with E-state index in [1.165, 1.54) is 189 Å². The van der Waals surface area contributed by atoms with Gasteiger partial charge in [0.25, 0.3) is 0 Å². The standard InChI is InChI=1S/C53H67N.C48H36N2.C16H17N/c1-7-10-12-14-16-18-36-53(37-19-17-15-13-11-8-2)51-38-41(5)22-34-49(51)50-35-27-45(39-52(50)53)44-25-32-48(33-26-44)54(46-28-20-40(4)21-29-46)47-30-23-43(24-31-47)42(6)9-3;1-3-35-19-27-41(28-20-35)49(47-17-9-13-39-11-5-7-15-45(39)47)43-31-23-37(24-32-43)38-25-33-44(34-26-38)50(42-29-21-36(4-2)22-30-42)48-18-10-14-40-12-6-8-16-46(40)48;1-3-12(2)17-15-10-6-4-8-13(15)14-9-5-7-11-16(14)17/h20-35,38-39,42H,7-19,36-37H2,1-6H3;3-34H,1-2H2;4-12H,3H2,1-2H3. The van der Waals surface area contributed by atoms with Crippen LogP contribution in [0.5, 0.6) is 0 Å². The molecule has 0 radical (unpaired) electrons. The zero-order valence-corrected chi connectivity index (χ0v) is 72.7. The maximum Gasteiger partial charge on any atom is 0.0540 e. The number of hydrogen-bond acceptors (Lipinski definition) is 3. The van der Waals surface area contributed by atoms with Gasteiger partial charge in [0.2, 0.25) is 0 Å². The lowest BCUT2D eigenvalue weighted by molar-refractivity contribution is 0.398. The van der Waals surface area contributed by atoms with E-state index in [0.29, 0.717) is 12.0 Å². The summed E-state index contributed by atoms with van der Waals surface area (Å²) in [6.45, 7) is 26.1. The normalized spacial score (nSPS) is 12.4. The number of nitrogens with zero attached hydrogens (tertiary/aromatic N) is 4. The molecule has 2 atom stereocenters. The third-order valence-electron chi connectivity index (χ3n) is 25.5. The van der Waals surface area contributed by atoms with Gasteiger partial charge in [-0.05, 0) is 240 Å². The van der Waals surface area contributed by atoms with Gasteiger partial charge in [-0.2, -0.15) is 0 Å². The Labute approximate surface area is 721 Å². The van der Waals surface area contributed by atoms with Crippen LogP contribution >= 0.6 is 0 Å². The van der Waals surface area contributed by atoms with Crippen molar-refractivity contribution in [2.24, 2.45) is 0 Å². The Morgan fingerprint density at radius 1 is 0.314 bits per heavy atom. The van der Waals surface area contributed by atoms with E-state index in [4.69, 9.17) is 0 Å². The summed E-state index contributed by atoms with van der Waals surface area (Å²) in [4.78, 5) is 7.07. The Morgan fingerprint density at radius 3 is 1.10 bits per heavy atom. The van der Waals surface area contributed by atoms with Crippen LogP contribution < -0.4 is 14.7 Å². The van der Waals surface area contributed by atoms with Crippen molar-refractivity contribution in [1.82, 2.24) is 4.57 Å². The number of para-hydroxylation sites is 2. The topological polar surface area (TPSA) is 14.7 Å². The zero-order valence-electron chi connectivity index (χ0n) is 72.7. The molecular formula is C117H120N4. The highest BCUT2D eigenvalue weighted by Crippen LogP contribution is 2.56. The first-order chi connectivity index (χ1) is 59.4. The minimum Gasteiger partial charge on any atom is -0.338 e. The van der Waals surface area contributed by atoms with Crippen LogP contribution in [0.4, 0.5) is 51.2 Å². The van der Waals surface area contributed by atoms with E-state index >= 15 is 0 Å². The number of aryl methyl sites for hydroxylation is 2. The van der Waals surface area contributed by atoms with Crippen molar-refractivity contribution in [3.8, 4) is 33.4 Å². The molecule has 1 aromatic heterocycles. The first-order valence-electron chi connectivity index (χ1n) is 44.9. The Morgan fingerprint density at radius 2 is 0.661 bits per heavy atom. The van der Waals surface area contributed by atoms with Gasteiger partial charge in [-0.15, -0.1) is 0 Å². The number of hydrogen-bond donors (Lipinski definition) is 0. The van der Waals surface area contributed by atoms with Crippen molar-refractivity contribution in [2.75, 3.05) is 14.7 Å². The molecule has 15 aromatic carbocycles. The summed E-state index contributed by atoms with van der Waals surface area (Å²) in [6.07, 6.45) is 24.7. The van der Waals surface area contributed by atoms with Crippen LogP contribution in [0, 0.1) is 13.8 Å². The summed E-state index contributed by atoms with van der Waals surface area (Å²) in [5, 5.41) is 7.56. The molecule has 0 bridgehead atoms. The fourth-order valence-corrected chi connectivity index (χ4v) is 18.4. The molecule has 0 fully saturated rings. The van der Waals surface area contributed by atoms with Gasteiger partial charge in [-0.25, -0.2) is 0 Å². The van der Waals surface area contributed by atoms with Crippen molar-refractivity contribution in [3.05, 3.63) is 392 Å². The molecule has 4 heteroatoms. The summed E-state index contributed by atoms with van der Waals surface area (Å²) in [7, 11) is 0. The monoisotopic (exact) mass is 1580 g/mol. The van der Waals surface area contributed by atoms with Gasteiger partial charge in [0.05, 0.1) is 11.4 Å². The van der Waals surface area contributed by atoms with Gasteiger partial charge in [-0.1, -0.05) is 373 Å². The van der Waals surface area contributed by atoms with Gasteiger partial charge < -0.3 is 19.3 Å². The van der Waals surface area contributed by atoms with Gasteiger partial charge in [0, 0.05) is 83.8 Å². The first kappa shape index (κ1) is 83.6. The molecule has 0 aliphatic heterocycles. The van der Waals surface area contributed by atoms with Gasteiger partial charge in [-0.3, -0.25) is 0 Å². The van der Waals surface area contributed by atoms with Crippen LogP contribution in [-0.4, -0.2) is 4.57 Å². The molecule has 17 rings (SSSR count). The van der Waals surface area contributed by atoms with E-state index in [-0.39, 0.29) is 5.41 Å². The van der Waals surface area contributed by atoms with Crippen LogP contribution in [-0.2, 0) is 5.41 Å². The van der Waals surface area contributed by atoms with Gasteiger partial charge in [0.1, 0.15) is 0 Å². The van der Waals surface area contributed by atoms with Crippen LogP contribution in [0.15, 0.2) is 353 Å². The lowest BCUT2D eigenvalue weighted by Gasteiger charge is -2.33. The van der Waals surface area contributed by atoms with Crippen molar-refractivity contribution in [2.45, 2.75) is 175 Å². The summed E-state index contributed by atoms with van der Waals surface area (Å²) in [6, 6.07) is 125. The predicted octanol–water partition coefficient (Wildman–Crippen LogP) is 35.4. The van der Waals surface area contributed by atoms with E-state index in [1.807, 2.05) is 12.2 Å². The summed E-state index contributed by atoms with van der Waals surface area (Å²) in [5.41, 5.74) is 30.3. The molecule has 1 heterocycles. The molecule has 0 saturated heterocycles. The molecule has 4 nitrogen and oxygen atoms in total. The first-order valence-corrected chi connectivity index (χ1v) is 44.9. The summed E-state index contributed by atoms with van der Waals surface area (Å²) >= 11 is 0. The Balaban J connectivity index is 0.000000157. The highest BCUT2D eigenvalue weighted by Gasteiger charge is 2.42. The summed E-state index contributed by atoms with van der Waals surface area (Å²) < 4.78 is 2.46. The average molecular weight is 1580 g/mol. The Bertz CT molecular complexity index is 5850. The molecule has 0 amide bonds. The SMILES string of the molecule is C=Cc1ccc(N(c2ccc(-c3ccc(N(c4ccc(C=C)cc4)c4cccc5ccccc45)cc3)cc2)c2cccc3ccccc23)cc1.CCC(C)n1c2ccccc2c2ccccc21.CCCCCCCCC1(CCCCCCCC)c2cc(C)ccc2-c2ccc(-c3ccc(N(c4ccc(C)cc4)c4ccc(C(C)CC)cc4)cc3)cc21. The predicted molar refractivity (Wildman–Crippen MR) is 528 cm³/mol. The van der Waals surface area contributed by atoms with E-state index in [0.717, 1.165) is 69.2 Å². The minimum absolute atomic E-state index is 0.0891. The molecule has 0 N–H and O–H groups in total. The van der Waals surface area contributed by atoms with E-state index in [2.05, 4.69) is 428 Å². The third-order valence-corrected chi connectivity index (χ3v) is 25.5. The minimum atomic E-state index is 0.0891.